The van der Waals surface area contributed by atoms with Crippen LogP contribution in [0.15, 0.2) is 12.1 Å². The predicted octanol–water partition coefficient (Wildman–Crippen LogP) is 4.37. The van der Waals surface area contributed by atoms with E-state index in [2.05, 4.69) is 0 Å². The molecule has 3 rings (SSSR count). The van der Waals surface area contributed by atoms with E-state index in [0.717, 1.165) is 11.8 Å². The van der Waals surface area contributed by atoms with E-state index in [1.54, 1.807) is 26.4 Å². The molecule has 1 aromatic rings. The largest absolute Gasteiger partial charge is 0.493 e. The number of methoxy groups -OCH3 is 2. The van der Waals surface area contributed by atoms with E-state index < -0.39 is 0 Å². The summed E-state index contributed by atoms with van der Waals surface area (Å²) in [4.78, 5) is 12.5. The average Bonchev–Trinajstić information content (AvgIpc) is 3.08. The van der Waals surface area contributed by atoms with Gasteiger partial charge >= 0.3 is 0 Å². The summed E-state index contributed by atoms with van der Waals surface area (Å²) in [7, 11) is 3.10. The van der Waals surface area contributed by atoms with Crippen LogP contribution < -0.4 is 9.47 Å². The van der Waals surface area contributed by atoms with E-state index in [4.69, 9.17) is 21.1 Å². The molecule has 1 aromatic carbocycles. The van der Waals surface area contributed by atoms with Gasteiger partial charge in [-0.05, 0) is 49.1 Å². The van der Waals surface area contributed by atoms with Gasteiger partial charge in [-0.25, -0.2) is 0 Å². The number of hydrogen-bond donors (Lipinski definition) is 0. The molecule has 3 unspecified atom stereocenters. The fourth-order valence-electron chi connectivity index (χ4n) is 4.06. The second-order valence-electron chi connectivity index (χ2n) is 6.26. The van der Waals surface area contributed by atoms with Gasteiger partial charge in [0.05, 0.1) is 19.2 Å². The van der Waals surface area contributed by atoms with Crippen LogP contribution in [-0.4, -0.2) is 20.0 Å². The number of Topliss-reactive ketones (excluding diaryl/α,β-unsaturated/α-hetero) is 1. The van der Waals surface area contributed by atoms with Gasteiger partial charge in [0.2, 0.25) is 0 Å². The van der Waals surface area contributed by atoms with Gasteiger partial charge in [-0.15, -0.1) is 0 Å². The number of benzene rings is 1. The molecule has 2 aliphatic carbocycles. The molecule has 0 aromatic heterocycles. The molecule has 3 atom stereocenters. The van der Waals surface area contributed by atoms with Crippen molar-refractivity contribution < 1.29 is 14.3 Å². The monoisotopic (exact) mass is 308 g/mol. The average molecular weight is 309 g/mol. The molecular weight excluding hydrogens is 288 g/mol. The number of ketones is 1. The van der Waals surface area contributed by atoms with Crippen LogP contribution in [0.1, 0.15) is 42.5 Å². The molecule has 2 bridgehead atoms. The Morgan fingerprint density at radius 1 is 1.24 bits per heavy atom. The zero-order valence-electron chi connectivity index (χ0n) is 12.5. The Balaban J connectivity index is 1.77. The van der Waals surface area contributed by atoms with Crippen molar-refractivity contribution in [3.63, 3.8) is 0 Å². The first-order valence-corrected chi connectivity index (χ1v) is 7.95. The zero-order chi connectivity index (χ0) is 15.0. The van der Waals surface area contributed by atoms with Gasteiger partial charge in [-0.1, -0.05) is 18.0 Å². The van der Waals surface area contributed by atoms with Gasteiger partial charge < -0.3 is 9.47 Å². The molecule has 0 heterocycles. The maximum absolute atomic E-state index is 12.5. The number of hydrogen-bond acceptors (Lipinski definition) is 3. The minimum atomic E-state index is 0.162. The van der Waals surface area contributed by atoms with Crippen molar-refractivity contribution in [2.24, 2.45) is 17.8 Å². The number of ether oxygens (including phenoxy) is 2. The lowest BCUT2D eigenvalue weighted by molar-refractivity contribution is 0.0944. The number of rotatable bonds is 5. The Morgan fingerprint density at radius 3 is 2.62 bits per heavy atom. The predicted molar refractivity (Wildman–Crippen MR) is 82.4 cm³/mol. The molecule has 0 spiro atoms. The molecule has 0 N–H and O–H groups in total. The van der Waals surface area contributed by atoms with Gasteiger partial charge in [-0.2, -0.15) is 0 Å². The summed E-state index contributed by atoms with van der Waals surface area (Å²) in [6.45, 7) is 0. The van der Waals surface area contributed by atoms with Crippen LogP contribution in [0.4, 0.5) is 0 Å². The van der Waals surface area contributed by atoms with Gasteiger partial charge in [0.1, 0.15) is 0 Å². The van der Waals surface area contributed by atoms with Gasteiger partial charge in [0, 0.05) is 12.0 Å². The van der Waals surface area contributed by atoms with E-state index >= 15 is 0 Å². The van der Waals surface area contributed by atoms with Gasteiger partial charge in [0.25, 0.3) is 0 Å². The molecular formula is C17H21ClO3. The number of carbonyl (C=O) groups is 1. The number of halogens is 1. The van der Waals surface area contributed by atoms with E-state index in [-0.39, 0.29) is 5.78 Å². The van der Waals surface area contributed by atoms with Crippen molar-refractivity contribution in [2.75, 3.05) is 14.2 Å². The van der Waals surface area contributed by atoms with Crippen molar-refractivity contribution >= 4 is 17.4 Å². The van der Waals surface area contributed by atoms with Crippen LogP contribution in [0.3, 0.4) is 0 Å². The van der Waals surface area contributed by atoms with Crippen LogP contribution in [0.2, 0.25) is 5.02 Å². The summed E-state index contributed by atoms with van der Waals surface area (Å²) in [6.07, 6.45) is 5.84. The lowest BCUT2D eigenvalue weighted by Crippen LogP contribution is -2.15. The van der Waals surface area contributed by atoms with Crippen molar-refractivity contribution in [1.29, 1.82) is 0 Å². The van der Waals surface area contributed by atoms with Crippen LogP contribution >= 0.6 is 11.6 Å². The minimum Gasteiger partial charge on any atom is -0.493 e. The maximum atomic E-state index is 12.5. The summed E-state index contributed by atoms with van der Waals surface area (Å²) in [5.41, 5.74) is 0.625. The first kappa shape index (κ1) is 14.7. The molecule has 0 radical (unpaired) electrons. The molecule has 2 saturated carbocycles. The number of carbonyl (C=O) groups excluding carboxylic acids is 1. The van der Waals surface area contributed by atoms with E-state index in [1.807, 2.05) is 0 Å². The smallest absolute Gasteiger partial charge is 0.179 e. The van der Waals surface area contributed by atoms with Crippen molar-refractivity contribution in [2.45, 2.75) is 32.1 Å². The second kappa shape index (κ2) is 5.88. The topological polar surface area (TPSA) is 35.5 Å². The molecule has 2 fully saturated rings. The Bertz CT molecular complexity index is 555. The van der Waals surface area contributed by atoms with Gasteiger partial charge in [0.15, 0.2) is 17.3 Å². The zero-order valence-corrected chi connectivity index (χ0v) is 13.3. The quantitative estimate of drug-likeness (QED) is 0.758. The maximum Gasteiger partial charge on any atom is 0.179 e. The fraction of sp³-hybridized carbons (Fsp3) is 0.588. The first-order chi connectivity index (χ1) is 10.1. The Hall–Kier alpha value is -1.22. The van der Waals surface area contributed by atoms with Crippen LogP contribution in [-0.2, 0) is 0 Å². The van der Waals surface area contributed by atoms with E-state index in [9.17, 15) is 4.79 Å². The molecule has 0 amide bonds. The van der Waals surface area contributed by atoms with E-state index in [1.165, 1.54) is 25.7 Å². The fourth-order valence-corrected chi connectivity index (χ4v) is 4.35. The molecule has 21 heavy (non-hydrogen) atoms. The standard InChI is InChI=1S/C17H21ClO3/c1-20-16-9-13(7-14(18)17(16)21-2)15(19)8-12-6-10-3-4-11(12)5-10/h7,9-12H,3-6,8H2,1-2H3. The third kappa shape index (κ3) is 2.76. The Morgan fingerprint density at radius 2 is 2.05 bits per heavy atom. The van der Waals surface area contributed by atoms with Crippen LogP contribution in [0.25, 0.3) is 0 Å². The van der Waals surface area contributed by atoms with Gasteiger partial charge in [-0.3, -0.25) is 4.79 Å². The Kier molecular flexibility index (Phi) is 4.12. The highest BCUT2D eigenvalue weighted by atomic mass is 35.5. The molecule has 0 aliphatic heterocycles. The van der Waals surface area contributed by atoms with Crippen LogP contribution in [0.5, 0.6) is 11.5 Å². The normalized spacial score (nSPS) is 26.9. The summed E-state index contributed by atoms with van der Waals surface area (Å²) >= 11 is 6.18. The highest BCUT2D eigenvalue weighted by Crippen LogP contribution is 2.50. The van der Waals surface area contributed by atoms with Crippen LogP contribution in [0, 0.1) is 17.8 Å². The molecule has 0 saturated heterocycles. The first-order valence-electron chi connectivity index (χ1n) is 7.57. The van der Waals surface area contributed by atoms with Crippen molar-refractivity contribution in [3.05, 3.63) is 22.7 Å². The summed E-state index contributed by atoms with van der Waals surface area (Å²) in [6, 6.07) is 3.43. The highest BCUT2D eigenvalue weighted by Gasteiger charge is 2.40. The lowest BCUT2D eigenvalue weighted by Gasteiger charge is -2.21. The summed E-state index contributed by atoms with van der Waals surface area (Å²) in [5.74, 6) is 3.34. The SMILES string of the molecule is COc1cc(C(=O)CC2CC3CCC2C3)cc(Cl)c1OC. The lowest BCUT2D eigenvalue weighted by atomic mass is 9.84. The molecule has 4 heteroatoms. The van der Waals surface area contributed by atoms with Crippen molar-refractivity contribution in [1.82, 2.24) is 0 Å². The summed E-state index contributed by atoms with van der Waals surface area (Å²) < 4.78 is 10.5. The minimum absolute atomic E-state index is 0.162. The number of fused-ring (bicyclic) bond motifs is 2. The third-order valence-corrected chi connectivity index (χ3v) is 5.37. The highest BCUT2D eigenvalue weighted by molar-refractivity contribution is 6.32. The second-order valence-corrected chi connectivity index (χ2v) is 6.66. The molecule has 3 nitrogen and oxygen atoms in total. The Labute approximate surface area is 130 Å². The molecule has 2 aliphatic rings. The summed E-state index contributed by atoms with van der Waals surface area (Å²) in [5, 5.41) is 0.424. The molecule has 114 valence electrons. The van der Waals surface area contributed by atoms with Crippen molar-refractivity contribution in [3.8, 4) is 11.5 Å². The van der Waals surface area contributed by atoms with E-state index in [0.29, 0.717) is 34.4 Å². The third-order valence-electron chi connectivity index (χ3n) is 5.09.